The minimum atomic E-state index is -1.01. The normalized spacial score (nSPS) is 24.9. The molecule has 5 heteroatoms. The van der Waals surface area contributed by atoms with Gasteiger partial charge in [0.05, 0.1) is 16.8 Å². The summed E-state index contributed by atoms with van der Waals surface area (Å²) in [6.07, 6.45) is 0.700. The first-order valence-corrected chi connectivity index (χ1v) is 5.63. The van der Waals surface area contributed by atoms with E-state index < -0.39 is 10.8 Å². The zero-order valence-corrected chi connectivity index (χ0v) is 8.28. The number of hydrogen-bond acceptors (Lipinski definition) is 2. The van der Waals surface area contributed by atoms with E-state index in [0.29, 0.717) is 12.2 Å². The van der Waals surface area contributed by atoms with Crippen LogP contribution in [0.3, 0.4) is 0 Å². The molecule has 0 fully saturated rings. The van der Waals surface area contributed by atoms with Crippen molar-refractivity contribution in [2.24, 2.45) is 5.11 Å². The van der Waals surface area contributed by atoms with Gasteiger partial charge in [-0.15, -0.1) is 0 Å². The molecule has 0 radical (unpaired) electrons. The van der Waals surface area contributed by atoms with Gasteiger partial charge in [-0.3, -0.25) is 4.21 Å². The summed E-state index contributed by atoms with van der Waals surface area (Å²) in [7, 11) is -1.01. The van der Waals surface area contributed by atoms with E-state index >= 15 is 0 Å². The molecule has 0 aliphatic carbocycles. The molecule has 0 N–H and O–H groups in total. The van der Waals surface area contributed by atoms with Gasteiger partial charge < -0.3 is 0 Å². The van der Waals surface area contributed by atoms with Crippen molar-refractivity contribution in [1.82, 2.24) is 0 Å². The molecule has 4 nitrogen and oxygen atoms in total. The van der Waals surface area contributed by atoms with Gasteiger partial charge in [-0.1, -0.05) is 23.3 Å². The molecular weight excluding hydrogens is 198 g/mol. The number of hydrogen-bond donors (Lipinski definition) is 0. The smallest absolute Gasteiger partial charge is 0.0536 e. The van der Waals surface area contributed by atoms with E-state index in [1.165, 1.54) is 0 Å². The molecule has 2 atom stereocenters. The first-order chi connectivity index (χ1) is 6.81. The van der Waals surface area contributed by atoms with E-state index in [2.05, 4.69) is 10.0 Å². The maximum Gasteiger partial charge on any atom is 0.0536 e. The van der Waals surface area contributed by atoms with Crippen molar-refractivity contribution in [2.45, 2.75) is 17.4 Å². The minimum Gasteiger partial charge on any atom is -0.254 e. The first-order valence-electron chi connectivity index (χ1n) is 4.32. The number of benzene rings is 1. The molecule has 0 bridgehead atoms. The summed E-state index contributed by atoms with van der Waals surface area (Å²) in [5.41, 5.74) is 9.35. The number of nitrogens with zero attached hydrogens (tertiary/aromatic N) is 3. The summed E-state index contributed by atoms with van der Waals surface area (Å²) in [5, 5.41) is 3.62. The zero-order chi connectivity index (χ0) is 9.97. The summed E-state index contributed by atoms with van der Waals surface area (Å²) in [4.78, 5) is 3.64. The Balaban J connectivity index is 2.37. The van der Waals surface area contributed by atoms with E-state index in [4.69, 9.17) is 5.53 Å². The third kappa shape index (κ3) is 1.64. The quantitative estimate of drug-likeness (QED) is 0.394. The Hall–Kier alpha value is -1.32. The highest BCUT2D eigenvalue weighted by Gasteiger charge is 2.22. The van der Waals surface area contributed by atoms with Gasteiger partial charge in [-0.2, -0.15) is 0 Å². The third-order valence-electron chi connectivity index (χ3n) is 2.23. The van der Waals surface area contributed by atoms with Crippen LogP contribution >= 0.6 is 0 Å². The predicted octanol–water partition coefficient (Wildman–Crippen LogP) is 2.03. The Morgan fingerprint density at radius 3 is 3.07 bits per heavy atom. The topological polar surface area (TPSA) is 65.8 Å². The Kier molecular flexibility index (Phi) is 2.52. The second kappa shape index (κ2) is 3.82. The van der Waals surface area contributed by atoms with Crippen molar-refractivity contribution in [3.8, 4) is 0 Å². The Bertz CT molecular complexity index is 426. The number of azide groups is 1. The van der Waals surface area contributed by atoms with Crippen LogP contribution < -0.4 is 0 Å². The fourth-order valence-electron chi connectivity index (χ4n) is 1.62. The Morgan fingerprint density at radius 2 is 2.29 bits per heavy atom. The van der Waals surface area contributed by atoms with E-state index in [-0.39, 0.29) is 6.04 Å². The van der Waals surface area contributed by atoms with Crippen LogP contribution in [0, 0.1) is 0 Å². The van der Waals surface area contributed by atoms with Gasteiger partial charge in [0, 0.05) is 15.6 Å². The molecule has 1 aromatic rings. The lowest BCUT2D eigenvalue weighted by Crippen LogP contribution is -2.23. The van der Waals surface area contributed by atoms with Crippen LogP contribution in [-0.2, 0) is 17.2 Å². The highest BCUT2D eigenvalue weighted by molar-refractivity contribution is 7.85. The first kappa shape index (κ1) is 9.24. The molecule has 1 heterocycles. The molecule has 1 aliphatic rings. The summed E-state index contributed by atoms with van der Waals surface area (Å²) < 4.78 is 11.7. The van der Waals surface area contributed by atoms with Crippen LogP contribution in [-0.4, -0.2) is 16.0 Å². The van der Waals surface area contributed by atoms with Crippen molar-refractivity contribution >= 4 is 10.8 Å². The molecule has 1 aromatic carbocycles. The highest BCUT2D eigenvalue weighted by atomic mass is 32.2. The van der Waals surface area contributed by atoms with Crippen molar-refractivity contribution < 1.29 is 4.21 Å². The largest absolute Gasteiger partial charge is 0.254 e. The maximum absolute atomic E-state index is 11.7. The third-order valence-corrected chi connectivity index (χ3v) is 3.81. The Morgan fingerprint density at radius 1 is 1.50 bits per heavy atom. The fraction of sp³-hybridized carbons (Fsp3) is 0.333. The van der Waals surface area contributed by atoms with Gasteiger partial charge in [0.2, 0.25) is 0 Å². The molecule has 0 saturated carbocycles. The molecule has 0 spiro atoms. The molecule has 0 amide bonds. The van der Waals surface area contributed by atoms with Gasteiger partial charge in [0.1, 0.15) is 0 Å². The van der Waals surface area contributed by atoms with E-state index in [1.807, 2.05) is 24.3 Å². The minimum absolute atomic E-state index is 0.157. The second-order valence-corrected chi connectivity index (χ2v) is 4.65. The van der Waals surface area contributed by atoms with Crippen LogP contribution in [0.25, 0.3) is 10.4 Å². The lowest BCUT2D eigenvalue weighted by Gasteiger charge is -2.19. The lowest BCUT2D eigenvalue weighted by molar-refractivity contribution is 0.651. The highest BCUT2D eigenvalue weighted by Crippen LogP contribution is 2.23. The molecule has 0 saturated heterocycles. The Labute approximate surface area is 84.0 Å². The van der Waals surface area contributed by atoms with Gasteiger partial charge >= 0.3 is 0 Å². The van der Waals surface area contributed by atoms with Crippen LogP contribution in [0.4, 0.5) is 0 Å². The van der Waals surface area contributed by atoms with Crippen molar-refractivity contribution in [3.05, 3.63) is 40.3 Å². The van der Waals surface area contributed by atoms with Gasteiger partial charge in [-0.05, 0) is 23.6 Å². The van der Waals surface area contributed by atoms with Gasteiger partial charge in [-0.25, -0.2) is 0 Å². The molecule has 2 rings (SSSR count). The number of fused-ring (bicyclic) bond motifs is 1. The molecule has 2 unspecified atom stereocenters. The lowest BCUT2D eigenvalue weighted by atomic mass is 10.1. The van der Waals surface area contributed by atoms with Crippen molar-refractivity contribution in [3.63, 3.8) is 0 Å². The molecule has 72 valence electrons. The van der Waals surface area contributed by atoms with E-state index in [1.54, 1.807) is 0 Å². The molecule has 0 aromatic heterocycles. The van der Waals surface area contributed by atoms with Gasteiger partial charge in [0.25, 0.3) is 0 Å². The average molecular weight is 207 g/mol. The second-order valence-electron chi connectivity index (χ2n) is 3.18. The SMILES string of the molecule is [N-]=[N+]=NC1Cc2ccccc2S(=O)C1. The fourth-order valence-corrected chi connectivity index (χ4v) is 3.01. The predicted molar refractivity (Wildman–Crippen MR) is 54.4 cm³/mol. The standard InChI is InChI=1S/C9H9N3OS/c10-12-11-8-5-7-3-1-2-4-9(7)14(13)6-8/h1-4,8H,5-6H2. The van der Waals surface area contributed by atoms with Crippen LogP contribution in [0.15, 0.2) is 34.3 Å². The summed E-state index contributed by atoms with van der Waals surface area (Å²) in [6.45, 7) is 0. The summed E-state index contributed by atoms with van der Waals surface area (Å²) in [5.74, 6) is 0.446. The average Bonchev–Trinajstić information content (AvgIpc) is 2.18. The van der Waals surface area contributed by atoms with Crippen molar-refractivity contribution in [2.75, 3.05) is 5.75 Å². The summed E-state index contributed by atoms with van der Waals surface area (Å²) in [6, 6.07) is 7.44. The van der Waals surface area contributed by atoms with Crippen LogP contribution in [0.5, 0.6) is 0 Å². The van der Waals surface area contributed by atoms with E-state index in [0.717, 1.165) is 10.5 Å². The van der Waals surface area contributed by atoms with E-state index in [9.17, 15) is 4.21 Å². The molecular formula is C9H9N3OS. The molecule has 14 heavy (non-hydrogen) atoms. The van der Waals surface area contributed by atoms with Crippen LogP contribution in [0.2, 0.25) is 0 Å². The zero-order valence-electron chi connectivity index (χ0n) is 7.46. The maximum atomic E-state index is 11.7. The van der Waals surface area contributed by atoms with Crippen LogP contribution in [0.1, 0.15) is 5.56 Å². The van der Waals surface area contributed by atoms with Crippen molar-refractivity contribution in [1.29, 1.82) is 0 Å². The monoisotopic (exact) mass is 207 g/mol. The molecule has 1 aliphatic heterocycles. The number of rotatable bonds is 1. The van der Waals surface area contributed by atoms with Gasteiger partial charge in [0.15, 0.2) is 0 Å². The summed E-state index contributed by atoms with van der Waals surface area (Å²) >= 11 is 0.